The van der Waals surface area contributed by atoms with Crippen LogP contribution in [0.1, 0.15) is 37.3 Å². The van der Waals surface area contributed by atoms with Gasteiger partial charge in [0.2, 0.25) is 6.79 Å². The van der Waals surface area contributed by atoms with Crippen LogP contribution in [0.3, 0.4) is 0 Å². The van der Waals surface area contributed by atoms with E-state index in [9.17, 15) is 4.79 Å². The van der Waals surface area contributed by atoms with Crippen LogP contribution in [-0.2, 0) is 9.53 Å². The van der Waals surface area contributed by atoms with Gasteiger partial charge in [-0.2, -0.15) is 0 Å². The van der Waals surface area contributed by atoms with E-state index in [2.05, 4.69) is 21.8 Å². The van der Waals surface area contributed by atoms with Crippen LogP contribution in [0.25, 0.3) is 0 Å². The van der Waals surface area contributed by atoms with Crippen molar-refractivity contribution in [2.24, 2.45) is 0 Å². The molecule has 1 unspecified atom stereocenters. The van der Waals surface area contributed by atoms with Gasteiger partial charge in [0.05, 0.1) is 7.11 Å². The maximum absolute atomic E-state index is 11.2. The number of carbonyl (C=O) groups is 1. The lowest BCUT2D eigenvalue weighted by molar-refractivity contribution is -0.140. The Morgan fingerprint density at radius 1 is 1.38 bits per heavy atom. The van der Waals surface area contributed by atoms with Crippen molar-refractivity contribution in [1.29, 1.82) is 0 Å². The molecule has 2 heterocycles. The lowest BCUT2D eigenvalue weighted by Crippen LogP contribution is -2.25. The molecule has 1 atom stereocenters. The lowest BCUT2D eigenvalue weighted by atomic mass is 10.0. The molecule has 1 fully saturated rings. The molecule has 0 N–H and O–H groups in total. The summed E-state index contributed by atoms with van der Waals surface area (Å²) in [5, 5.41) is 0. The molecule has 2 aliphatic heterocycles. The van der Waals surface area contributed by atoms with Gasteiger partial charge in [-0.1, -0.05) is 6.07 Å². The molecule has 5 nitrogen and oxygen atoms in total. The van der Waals surface area contributed by atoms with Crippen molar-refractivity contribution in [2.75, 3.05) is 27.0 Å². The van der Waals surface area contributed by atoms with Gasteiger partial charge < -0.3 is 14.2 Å². The number of hydrogen-bond acceptors (Lipinski definition) is 5. The largest absolute Gasteiger partial charge is 0.469 e. The van der Waals surface area contributed by atoms with Crippen LogP contribution in [0.2, 0.25) is 0 Å². The zero-order valence-electron chi connectivity index (χ0n) is 12.3. The molecule has 5 heteroatoms. The summed E-state index contributed by atoms with van der Waals surface area (Å²) in [5.74, 6) is 1.54. The van der Waals surface area contributed by atoms with Crippen molar-refractivity contribution in [2.45, 2.75) is 31.7 Å². The number of methoxy groups -OCH3 is 1. The Labute approximate surface area is 124 Å². The number of fused-ring (bicyclic) bond motifs is 1. The molecule has 21 heavy (non-hydrogen) atoms. The zero-order chi connectivity index (χ0) is 14.7. The number of esters is 1. The minimum atomic E-state index is -0.131. The second-order valence-corrected chi connectivity index (χ2v) is 5.49. The number of benzene rings is 1. The van der Waals surface area contributed by atoms with Crippen LogP contribution in [-0.4, -0.2) is 37.9 Å². The van der Waals surface area contributed by atoms with Crippen LogP contribution in [0.15, 0.2) is 18.2 Å². The fraction of sp³-hybridized carbons (Fsp3) is 0.562. The Hall–Kier alpha value is -1.75. The third-order valence-electron chi connectivity index (χ3n) is 4.20. The fourth-order valence-corrected chi connectivity index (χ4v) is 3.12. The van der Waals surface area contributed by atoms with E-state index in [0.717, 1.165) is 37.4 Å². The summed E-state index contributed by atoms with van der Waals surface area (Å²) in [6.45, 7) is 2.32. The normalized spacial score (nSPS) is 20.7. The molecular weight excluding hydrogens is 270 g/mol. The summed E-state index contributed by atoms with van der Waals surface area (Å²) in [5.41, 5.74) is 1.27. The molecule has 0 aromatic heterocycles. The zero-order valence-corrected chi connectivity index (χ0v) is 12.3. The van der Waals surface area contributed by atoms with Crippen molar-refractivity contribution >= 4 is 5.97 Å². The number of carbonyl (C=O) groups excluding carboxylic acids is 1. The van der Waals surface area contributed by atoms with Gasteiger partial charge in [-0.25, -0.2) is 0 Å². The van der Waals surface area contributed by atoms with E-state index in [1.807, 2.05) is 6.07 Å². The number of ether oxygens (including phenoxy) is 3. The molecule has 1 aromatic carbocycles. The monoisotopic (exact) mass is 291 g/mol. The molecule has 0 amide bonds. The van der Waals surface area contributed by atoms with E-state index in [4.69, 9.17) is 9.47 Å². The van der Waals surface area contributed by atoms with Crippen LogP contribution < -0.4 is 9.47 Å². The standard InChI is InChI=1S/C16H21NO4/c1-19-16(18)5-3-9-17-8-2-4-13(17)12-6-7-14-15(10-12)21-11-20-14/h6-7,10,13H,2-5,8-9,11H2,1H3. The Bertz CT molecular complexity index is 517. The first-order valence-corrected chi connectivity index (χ1v) is 7.48. The number of nitrogens with zero attached hydrogens (tertiary/aromatic N) is 1. The van der Waals surface area contributed by atoms with E-state index in [0.29, 0.717) is 19.3 Å². The second kappa shape index (κ2) is 6.35. The summed E-state index contributed by atoms with van der Waals surface area (Å²) in [6.07, 6.45) is 3.67. The first-order valence-electron chi connectivity index (χ1n) is 7.48. The maximum atomic E-state index is 11.2. The van der Waals surface area contributed by atoms with Crippen molar-refractivity contribution in [3.05, 3.63) is 23.8 Å². The molecule has 1 saturated heterocycles. The van der Waals surface area contributed by atoms with Gasteiger partial charge in [0.1, 0.15) is 0 Å². The highest BCUT2D eigenvalue weighted by Gasteiger charge is 2.27. The van der Waals surface area contributed by atoms with Crippen LogP contribution in [0.4, 0.5) is 0 Å². The molecule has 114 valence electrons. The highest BCUT2D eigenvalue weighted by Crippen LogP contribution is 2.38. The van der Waals surface area contributed by atoms with Crippen molar-refractivity contribution in [3.63, 3.8) is 0 Å². The van der Waals surface area contributed by atoms with Gasteiger partial charge in [0.25, 0.3) is 0 Å². The SMILES string of the molecule is COC(=O)CCCN1CCCC1c1ccc2c(c1)OCO2. The first-order chi connectivity index (χ1) is 10.3. The van der Waals surface area contributed by atoms with Gasteiger partial charge in [0.15, 0.2) is 11.5 Å². The fourth-order valence-electron chi connectivity index (χ4n) is 3.12. The third kappa shape index (κ3) is 3.13. The molecule has 0 aliphatic carbocycles. The number of rotatable bonds is 5. The van der Waals surface area contributed by atoms with E-state index < -0.39 is 0 Å². The van der Waals surface area contributed by atoms with Gasteiger partial charge in [0, 0.05) is 12.5 Å². The Balaban J connectivity index is 1.62. The Morgan fingerprint density at radius 3 is 3.10 bits per heavy atom. The molecule has 0 bridgehead atoms. The van der Waals surface area contributed by atoms with Gasteiger partial charge >= 0.3 is 5.97 Å². The summed E-state index contributed by atoms with van der Waals surface area (Å²) in [7, 11) is 1.44. The summed E-state index contributed by atoms with van der Waals surface area (Å²) in [6, 6.07) is 6.61. The molecule has 0 spiro atoms. The highest BCUT2D eigenvalue weighted by atomic mass is 16.7. The molecule has 1 aromatic rings. The Kier molecular flexibility index (Phi) is 4.29. The highest BCUT2D eigenvalue weighted by molar-refractivity contribution is 5.69. The molecule has 0 saturated carbocycles. The average molecular weight is 291 g/mol. The average Bonchev–Trinajstić information content (AvgIpc) is 3.14. The van der Waals surface area contributed by atoms with E-state index in [1.54, 1.807) is 0 Å². The molecular formula is C16H21NO4. The smallest absolute Gasteiger partial charge is 0.305 e. The molecule has 2 aliphatic rings. The third-order valence-corrected chi connectivity index (χ3v) is 4.20. The molecule has 3 rings (SSSR count). The minimum absolute atomic E-state index is 0.131. The summed E-state index contributed by atoms with van der Waals surface area (Å²) < 4.78 is 15.5. The van der Waals surface area contributed by atoms with Gasteiger partial charge in [-0.05, 0) is 50.0 Å². The van der Waals surface area contributed by atoms with Crippen LogP contribution in [0.5, 0.6) is 11.5 Å². The second-order valence-electron chi connectivity index (χ2n) is 5.49. The number of likely N-dealkylation sites (tertiary alicyclic amines) is 1. The van der Waals surface area contributed by atoms with Gasteiger partial charge in [-0.3, -0.25) is 9.69 Å². The quantitative estimate of drug-likeness (QED) is 0.780. The predicted octanol–water partition coefficient (Wildman–Crippen LogP) is 2.51. The first kappa shape index (κ1) is 14.2. The van der Waals surface area contributed by atoms with Crippen LogP contribution in [0, 0.1) is 0 Å². The van der Waals surface area contributed by atoms with Crippen LogP contribution >= 0.6 is 0 Å². The summed E-state index contributed by atoms with van der Waals surface area (Å²) >= 11 is 0. The lowest BCUT2D eigenvalue weighted by Gasteiger charge is -2.24. The van der Waals surface area contributed by atoms with Crippen molar-refractivity contribution in [3.8, 4) is 11.5 Å². The predicted molar refractivity (Wildman–Crippen MR) is 77.4 cm³/mol. The Morgan fingerprint density at radius 2 is 2.24 bits per heavy atom. The van der Waals surface area contributed by atoms with E-state index >= 15 is 0 Å². The number of hydrogen-bond donors (Lipinski definition) is 0. The topological polar surface area (TPSA) is 48.0 Å². The minimum Gasteiger partial charge on any atom is -0.469 e. The van der Waals surface area contributed by atoms with E-state index in [1.165, 1.54) is 19.1 Å². The summed E-state index contributed by atoms with van der Waals surface area (Å²) in [4.78, 5) is 13.6. The van der Waals surface area contributed by atoms with Gasteiger partial charge in [-0.15, -0.1) is 0 Å². The molecule has 0 radical (unpaired) electrons. The van der Waals surface area contributed by atoms with E-state index in [-0.39, 0.29) is 5.97 Å². The van der Waals surface area contributed by atoms with Crippen molar-refractivity contribution < 1.29 is 19.0 Å². The van der Waals surface area contributed by atoms with Crippen molar-refractivity contribution in [1.82, 2.24) is 4.90 Å². The maximum Gasteiger partial charge on any atom is 0.305 e.